The molecule has 20 heavy (non-hydrogen) atoms. The Balaban J connectivity index is 2.17. The normalized spacial score (nSPS) is 18.2. The number of carbonyl (C=O) groups excluding carboxylic acids is 2. The largest absolute Gasteiger partial charge is 0.481 e. The summed E-state index contributed by atoms with van der Waals surface area (Å²) in [5.41, 5.74) is 6.77. The first-order chi connectivity index (χ1) is 9.52. The average molecular weight is 277 g/mol. The van der Waals surface area contributed by atoms with Crippen molar-refractivity contribution in [1.82, 2.24) is 5.32 Å². The molecule has 0 aromatic heterocycles. The first kappa shape index (κ1) is 14.0. The van der Waals surface area contributed by atoms with Crippen molar-refractivity contribution >= 4 is 23.6 Å². The fourth-order valence-electron chi connectivity index (χ4n) is 2.06. The maximum absolute atomic E-state index is 12.1. The van der Waals surface area contributed by atoms with Crippen molar-refractivity contribution in [2.75, 3.05) is 4.90 Å². The molecule has 0 bridgehead atoms. The molecule has 3 amide bonds. The molecule has 1 unspecified atom stereocenters. The van der Waals surface area contributed by atoms with Crippen molar-refractivity contribution in [3.05, 3.63) is 29.8 Å². The van der Waals surface area contributed by atoms with Gasteiger partial charge >= 0.3 is 12.0 Å². The van der Waals surface area contributed by atoms with E-state index in [1.165, 1.54) is 0 Å². The van der Waals surface area contributed by atoms with Crippen LogP contribution < -0.4 is 16.0 Å². The molecule has 7 heteroatoms. The standard InChI is InChI=1S/C13H15N3O4/c14-7-8-2-1-3-9(6-8)16-12(19)10(15-13(16)20)4-5-11(17)18/h1-3,6,10H,4-5,7,14H2,(H,15,20)(H,17,18). The van der Waals surface area contributed by atoms with Crippen molar-refractivity contribution in [2.24, 2.45) is 5.73 Å². The lowest BCUT2D eigenvalue weighted by Crippen LogP contribution is -2.31. The van der Waals surface area contributed by atoms with E-state index in [0.29, 0.717) is 12.2 Å². The molecule has 0 aliphatic carbocycles. The Hall–Kier alpha value is -2.41. The molecule has 1 atom stereocenters. The first-order valence-corrected chi connectivity index (χ1v) is 6.18. The van der Waals surface area contributed by atoms with Crippen LogP contribution in [0.4, 0.5) is 10.5 Å². The zero-order valence-electron chi connectivity index (χ0n) is 10.7. The van der Waals surface area contributed by atoms with Crippen molar-refractivity contribution in [3.63, 3.8) is 0 Å². The number of imide groups is 1. The Kier molecular flexibility index (Phi) is 3.99. The van der Waals surface area contributed by atoms with E-state index in [1.807, 2.05) is 0 Å². The van der Waals surface area contributed by atoms with Crippen LogP contribution in [0.1, 0.15) is 18.4 Å². The maximum atomic E-state index is 12.1. The molecule has 1 heterocycles. The summed E-state index contributed by atoms with van der Waals surface area (Å²) in [5, 5.41) is 11.1. The van der Waals surface area contributed by atoms with Gasteiger partial charge in [-0.2, -0.15) is 0 Å². The second-order valence-electron chi connectivity index (χ2n) is 4.48. The molecule has 106 valence electrons. The van der Waals surface area contributed by atoms with Gasteiger partial charge in [-0.05, 0) is 24.1 Å². The minimum Gasteiger partial charge on any atom is -0.481 e. The van der Waals surface area contributed by atoms with Crippen molar-refractivity contribution in [1.29, 1.82) is 0 Å². The number of nitrogens with two attached hydrogens (primary N) is 1. The molecule has 1 aliphatic rings. The number of aliphatic carboxylic acids is 1. The zero-order valence-corrected chi connectivity index (χ0v) is 10.7. The monoisotopic (exact) mass is 277 g/mol. The van der Waals surface area contributed by atoms with E-state index < -0.39 is 23.9 Å². The molecule has 2 rings (SSSR count). The Morgan fingerprint density at radius 1 is 1.40 bits per heavy atom. The third-order valence-electron chi connectivity index (χ3n) is 3.07. The minimum absolute atomic E-state index is 0.0764. The van der Waals surface area contributed by atoms with Gasteiger partial charge in [0, 0.05) is 13.0 Å². The van der Waals surface area contributed by atoms with Gasteiger partial charge in [0.2, 0.25) is 0 Å². The number of amides is 3. The first-order valence-electron chi connectivity index (χ1n) is 6.18. The highest BCUT2D eigenvalue weighted by atomic mass is 16.4. The number of carboxylic acids is 1. The van der Waals surface area contributed by atoms with Crippen LogP contribution in [0, 0.1) is 0 Å². The summed E-state index contributed by atoms with van der Waals surface area (Å²) in [6.07, 6.45) is -0.0969. The molecular weight excluding hydrogens is 262 g/mol. The molecular formula is C13H15N3O4. The number of nitrogens with zero attached hydrogens (tertiary/aromatic N) is 1. The van der Waals surface area contributed by atoms with Crippen LogP contribution in [0.15, 0.2) is 24.3 Å². The number of hydrogen-bond acceptors (Lipinski definition) is 4. The van der Waals surface area contributed by atoms with Gasteiger partial charge in [0.15, 0.2) is 0 Å². The van der Waals surface area contributed by atoms with E-state index >= 15 is 0 Å². The van der Waals surface area contributed by atoms with Crippen molar-refractivity contribution in [2.45, 2.75) is 25.4 Å². The van der Waals surface area contributed by atoms with Crippen LogP contribution in [0.5, 0.6) is 0 Å². The van der Waals surface area contributed by atoms with E-state index in [2.05, 4.69) is 5.32 Å². The fraction of sp³-hybridized carbons (Fsp3) is 0.308. The second-order valence-corrected chi connectivity index (χ2v) is 4.48. The van der Waals surface area contributed by atoms with E-state index in [4.69, 9.17) is 10.8 Å². The lowest BCUT2D eigenvalue weighted by atomic mass is 10.1. The van der Waals surface area contributed by atoms with Crippen LogP contribution in [-0.2, 0) is 16.1 Å². The lowest BCUT2D eigenvalue weighted by Gasteiger charge is -2.13. The molecule has 0 radical (unpaired) electrons. The van der Waals surface area contributed by atoms with Gasteiger partial charge in [0.1, 0.15) is 6.04 Å². The lowest BCUT2D eigenvalue weighted by molar-refractivity contribution is -0.137. The Morgan fingerprint density at radius 2 is 2.15 bits per heavy atom. The molecule has 1 aromatic rings. The number of carbonyl (C=O) groups is 3. The van der Waals surface area contributed by atoms with Gasteiger partial charge in [-0.3, -0.25) is 9.59 Å². The van der Waals surface area contributed by atoms with Gasteiger partial charge in [0.05, 0.1) is 5.69 Å². The molecule has 7 nitrogen and oxygen atoms in total. The molecule has 1 saturated heterocycles. The van der Waals surface area contributed by atoms with Crippen LogP contribution in [0.25, 0.3) is 0 Å². The summed E-state index contributed by atoms with van der Waals surface area (Å²) in [4.78, 5) is 35.5. The predicted molar refractivity (Wildman–Crippen MR) is 71.0 cm³/mol. The van der Waals surface area contributed by atoms with Crippen LogP contribution in [0.2, 0.25) is 0 Å². The van der Waals surface area contributed by atoms with Crippen LogP contribution in [0.3, 0.4) is 0 Å². The quantitative estimate of drug-likeness (QED) is 0.676. The number of rotatable bonds is 5. The third-order valence-corrected chi connectivity index (χ3v) is 3.07. The van der Waals surface area contributed by atoms with E-state index in [0.717, 1.165) is 10.5 Å². The Bertz CT molecular complexity index is 558. The van der Waals surface area contributed by atoms with Crippen molar-refractivity contribution in [3.8, 4) is 0 Å². The SMILES string of the molecule is NCc1cccc(N2C(=O)NC(CCC(=O)O)C2=O)c1. The Morgan fingerprint density at radius 3 is 2.80 bits per heavy atom. The number of hydrogen-bond donors (Lipinski definition) is 3. The van der Waals surface area contributed by atoms with Gasteiger partial charge < -0.3 is 16.2 Å². The minimum atomic E-state index is -1.00. The molecule has 0 spiro atoms. The highest BCUT2D eigenvalue weighted by molar-refractivity contribution is 6.21. The number of nitrogens with one attached hydrogen (secondary N) is 1. The van der Waals surface area contributed by atoms with Gasteiger partial charge in [0.25, 0.3) is 5.91 Å². The molecule has 1 aliphatic heterocycles. The van der Waals surface area contributed by atoms with E-state index in [-0.39, 0.29) is 12.8 Å². The number of urea groups is 1. The van der Waals surface area contributed by atoms with Gasteiger partial charge in [-0.1, -0.05) is 12.1 Å². The summed E-state index contributed by atoms with van der Waals surface area (Å²) in [7, 11) is 0. The van der Waals surface area contributed by atoms with Gasteiger partial charge in [-0.25, -0.2) is 9.69 Å². The summed E-state index contributed by atoms with van der Waals surface area (Å²) in [6, 6.07) is 5.47. The second kappa shape index (κ2) is 5.70. The summed E-state index contributed by atoms with van der Waals surface area (Å²) < 4.78 is 0. The Labute approximate surface area is 115 Å². The predicted octanol–water partition coefficient (Wildman–Crippen LogP) is 0.435. The highest BCUT2D eigenvalue weighted by Gasteiger charge is 2.38. The third kappa shape index (κ3) is 2.77. The zero-order chi connectivity index (χ0) is 14.7. The summed E-state index contributed by atoms with van der Waals surface area (Å²) in [5.74, 6) is -1.44. The molecule has 1 fully saturated rings. The van der Waals surface area contributed by atoms with Crippen LogP contribution in [-0.4, -0.2) is 29.1 Å². The number of benzene rings is 1. The fourth-order valence-corrected chi connectivity index (χ4v) is 2.06. The number of anilines is 1. The number of carboxylic acid groups (broad SMARTS) is 1. The highest BCUT2D eigenvalue weighted by Crippen LogP contribution is 2.22. The summed E-state index contributed by atoms with van der Waals surface area (Å²) in [6.45, 7) is 0.305. The molecule has 0 saturated carbocycles. The topological polar surface area (TPSA) is 113 Å². The van der Waals surface area contributed by atoms with Crippen molar-refractivity contribution < 1.29 is 19.5 Å². The maximum Gasteiger partial charge on any atom is 0.329 e. The van der Waals surface area contributed by atoms with E-state index in [1.54, 1.807) is 24.3 Å². The molecule has 4 N–H and O–H groups in total. The average Bonchev–Trinajstić information content (AvgIpc) is 2.71. The molecule has 1 aromatic carbocycles. The smallest absolute Gasteiger partial charge is 0.329 e. The van der Waals surface area contributed by atoms with E-state index in [9.17, 15) is 14.4 Å². The summed E-state index contributed by atoms with van der Waals surface area (Å²) >= 11 is 0. The van der Waals surface area contributed by atoms with Crippen LogP contribution >= 0.6 is 0 Å². The van der Waals surface area contributed by atoms with Gasteiger partial charge in [-0.15, -0.1) is 0 Å².